The first-order valence-electron chi connectivity index (χ1n) is 9.85. The van der Waals surface area contributed by atoms with Crippen LogP contribution in [0.15, 0.2) is 53.6 Å². The standard InChI is InChI=1S/C23H25FN4O/c1-22(2)17(20-26-18-9-4-5-10-19(18)27-20)11-12-23(22,3)21(29)28-25-14-15-7-6-8-16(24)13-15/h4-10,13-14,17H,11-12H2,1-3H3,(H,26,27)(H,28,29)/b25-14-/t17-,23-/m0/s1. The van der Waals surface area contributed by atoms with Gasteiger partial charge in [-0.1, -0.05) is 45.0 Å². The molecule has 1 saturated carbocycles. The number of para-hydroxylation sites is 2. The number of hydrazone groups is 1. The molecule has 4 rings (SSSR count). The van der Waals surface area contributed by atoms with Crippen LogP contribution in [-0.2, 0) is 4.79 Å². The first-order valence-corrected chi connectivity index (χ1v) is 9.85. The number of hydrogen-bond acceptors (Lipinski definition) is 3. The predicted octanol–water partition coefficient (Wildman–Crippen LogP) is 4.76. The Morgan fingerprint density at radius 1 is 1.24 bits per heavy atom. The van der Waals surface area contributed by atoms with E-state index in [1.165, 1.54) is 18.3 Å². The summed E-state index contributed by atoms with van der Waals surface area (Å²) in [6, 6.07) is 14.0. The summed E-state index contributed by atoms with van der Waals surface area (Å²) in [6.45, 7) is 6.23. The number of aromatic amines is 1. The SMILES string of the molecule is CC1(C)[C@H](c2nc3ccccc3[nH]2)CC[C@@]1(C)C(=O)N/N=C\c1cccc(F)c1. The molecule has 1 aromatic heterocycles. The molecular formula is C23H25FN4O. The summed E-state index contributed by atoms with van der Waals surface area (Å²) in [4.78, 5) is 21.3. The maximum atomic E-state index is 13.3. The second kappa shape index (κ2) is 7.10. The smallest absolute Gasteiger partial charge is 0.246 e. The van der Waals surface area contributed by atoms with Gasteiger partial charge in [-0.25, -0.2) is 14.8 Å². The molecule has 2 N–H and O–H groups in total. The number of fused-ring (bicyclic) bond motifs is 1. The summed E-state index contributed by atoms with van der Waals surface area (Å²) in [6.07, 6.45) is 3.07. The van der Waals surface area contributed by atoms with E-state index < -0.39 is 5.41 Å². The maximum Gasteiger partial charge on any atom is 0.246 e. The van der Waals surface area contributed by atoms with Crippen LogP contribution < -0.4 is 5.43 Å². The Balaban J connectivity index is 1.53. The molecule has 0 unspecified atom stereocenters. The molecule has 5 nitrogen and oxygen atoms in total. The third-order valence-corrected chi connectivity index (χ3v) is 6.69. The van der Waals surface area contributed by atoms with E-state index in [0.29, 0.717) is 5.56 Å². The Morgan fingerprint density at radius 2 is 2.03 bits per heavy atom. The summed E-state index contributed by atoms with van der Waals surface area (Å²) in [5.41, 5.74) is 4.29. The number of hydrogen-bond donors (Lipinski definition) is 2. The molecule has 0 bridgehead atoms. The zero-order chi connectivity index (χ0) is 20.6. The monoisotopic (exact) mass is 392 g/mol. The fourth-order valence-electron chi connectivity index (χ4n) is 4.40. The van der Waals surface area contributed by atoms with Crippen molar-refractivity contribution in [2.45, 2.75) is 39.5 Å². The number of imidazole rings is 1. The summed E-state index contributed by atoms with van der Waals surface area (Å²) in [5.74, 6) is 0.598. The van der Waals surface area contributed by atoms with Gasteiger partial charge in [0.15, 0.2) is 0 Å². The molecule has 0 saturated heterocycles. The van der Waals surface area contributed by atoms with Gasteiger partial charge in [0, 0.05) is 5.92 Å². The van der Waals surface area contributed by atoms with Crippen LogP contribution >= 0.6 is 0 Å². The quantitative estimate of drug-likeness (QED) is 0.496. The Morgan fingerprint density at radius 3 is 2.79 bits per heavy atom. The molecule has 0 aliphatic heterocycles. The molecule has 2 atom stereocenters. The summed E-state index contributed by atoms with van der Waals surface area (Å²) in [5, 5.41) is 4.06. The molecule has 1 heterocycles. The second-order valence-electron chi connectivity index (χ2n) is 8.54. The van der Waals surface area contributed by atoms with Crippen molar-refractivity contribution in [3.8, 4) is 0 Å². The number of rotatable bonds is 4. The number of aromatic nitrogens is 2. The van der Waals surface area contributed by atoms with Gasteiger partial charge >= 0.3 is 0 Å². The zero-order valence-electron chi connectivity index (χ0n) is 16.9. The van der Waals surface area contributed by atoms with Crippen molar-refractivity contribution in [1.82, 2.24) is 15.4 Å². The van der Waals surface area contributed by atoms with Crippen LogP contribution in [0.1, 0.15) is 50.9 Å². The first kappa shape index (κ1) is 19.3. The van der Waals surface area contributed by atoms with E-state index in [1.54, 1.807) is 12.1 Å². The van der Waals surface area contributed by atoms with E-state index in [0.717, 1.165) is 29.7 Å². The molecular weight excluding hydrogens is 367 g/mol. The Labute approximate surface area is 169 Å². The van der Waals surface area contributed by atoms with Crippen LogP contribution in [0.3, 0.4) is 0 Å². The van der Waals surface area contributed by atoms with Gasteiger partial charge in [0.05, 0.1) is 22.7 Å². The van der Waals surface area contributed by atoms with Gasteiger partial charge in [-0.3, -0.25) is 4.79 Å². The van der Waals surface area contributed by atoms with E-state index in [4.69, 9.17) is 4.98 Å². The van der Waals surface area contributed by atoms with E-state index in [1.807, 2.05) is 31.2 Å². The van der Waals surface area contributed by atoms with Crippen molar-refractivity contribution >= 4 is 23.2 Å². The van der Waals surface area contributed by atoms with Crippen molar-refractivity contribution in [3.05, 3.63) is 65.7 Å². The number of benzene rings is 2. The van der Waals surface area contributed by atoms with Crippen molar-refractivity contribution < 1.29 is 9.18 Å². The molecule has 1 aliphatic carbocycles. The van der Waals surface area contributed by atoms with Crippen LogP contribution in [0.5, 0.6) is 0 Å². The van der Waals surface area contributed by atoms with E-state index in [9.17, 15) is 9.18 Å². The lowest BCUT2D eigenvalue weighted by molar-refractivity contribution is -0.135. The van der Waals surface area contributed by atoms with Gasteiger partial charge in [-0.15, -0.1) is 0 Å². The summed E-state index contributed by atoms with van der Waals surface area (Å²) in [7, 11) is 0. The lowest BCUT2D eigenvalue weighted by Crippen LogP contribution is -2.45. The highest BCUT2D eigenvalue weighted by atomic mass is 19.1. The molecule has 3 aromatic rings. The van der Waals surface area contributed by atoms with Crippen LogP contribution in [-0.4, -0.2) is 22.1 Å². The fourth-order valence-corrected chi connectivity index (χ4v) is 4.40. The lowest BCUT2D eigenvalue weighted by Gasteiger charge is -2.39. The Hall–Kier alpha value is -3.02. The normalized spacial score (nSPS) is 23.7. The van der Waals surface area contributed by atoms with Crippen LogP contribution in [0.2, 0.25) is 0 Å². The van der Waals surface area contributed by atoms with Gasteiger partial charge < -0.3 is 4.98 Å². The molecule has 1 amide bonds. The van der Waals surface area contributed by atoms with Gasteiger partial charge in [0.2, 0.25) is 5.91 Å². The van der Waals surface area contributed by atoms with Crippen molar-refractivity contribution in [3.63, 3.8) is 0 Å². The highest BCUT2D eigenvalue weighted by Gasteiger charge is 2.57. The van der Waals surface area contributed by atoms with Gasteiger partial charge in [-0.2, -0.15) is 5.10 Å². The topological polar surface area (TPSA) is 70.1 Å². The number of nitrogens with one attached hydrogen (secondary N) is 2. The van der Waals surface area contributed by atoms with E-state index in [-0.39, 0.29) is 23.1 Å². The number of carbonyl (C=O) groups is 1. The number of amides is 1. The molecule has 29 heavy (non-hydrogen) atoms. The number of carbonyl (C=O) groups excluding carboxylic acids is 1. The first-order chi connectivity index (χ1) is 13.8. The highest BCUT2D eigenvalue weighted by Crippen LogP contribution is 2.59. The minimum Gasteiger partial charge on any atom is -0.342 e. The molecule has 1 aliphatic rings. The fraction of sp³-hybridized carbons (Fsp3) is 0.348. The minimum absolute atomic E-state index is 0.131. The van der Waals surface area contributed by atoms with Crippen molar-refractivity contribution in [1.29, 1.82) is 0 Å². The Kier molecular flexibility index (Phi) is 4.73. The predicted molar refractivity (Wildman–Crippen MR) is 112 cm³/mol. The van der Waals surface area contributed by atoms with Crippen LogP contribution in [0.4, 0.5) is 4.39 Å². The molecule has 150 valence electrons. The molecule has 0 radical (unpaired) electrons. The van der Waals surface area contributed by atoms with E-state index in [2.05, 4.69) is 29.4 Å². The van der Waals surface area contributed by atoms with Gasteiger partial charge in [0.25, 0.3) is 0 Å². The van der Waals surface area contributed by atoms with Crippen molar-refractivity contribution in [2.24, 2.45) is 15.9 Å². The highest BCUT2D eigenvalue weighted by molar-refractivity contribution is 5.86. The summed E-state index contributed by atoms with van der Waals surface area (Å²) < 4.78 is 13.3. The number of halogens is 1. The molecule has 6 heteroatoms. The Bertz CT molecular complexity index is 1050. The van der Waals surface area contributed by atoms with Crippen LogP contribution in [0, 0.1) is 16.6 Å². The lowest BCUT2D eigenvalue weighted by atomic mass is 9.65. The largest absolute Gasteiger partial charge is 0.342 e. The van der Waals surface area contributed by atoms with Crippen LogP contribution in [0.25, 0.3) is 11.0 Å². The molecule has 0 spiro atoms. The van der Waals surface area contributed by atoms with E-state index >= 15 is 0 Å². The minimum atomic E-state index is -0.601. The second-order valence-corrected chi connectivity index (χ2v) is 8.54. The molecule has 1 fully saturated rings. The number of nitrogens with zero attached hydrogens (tertiary/aromatic N) is 2. The average Bonchev–Trinajstić information content (AvgIpc) is 3.20. The average molecular weight is 392 g/mol. The summed E-state index contributed by atoms with van der Waals surface area (Å²) >= 11 is 0. The number of H-pyrrole nitrogens is 1. The maximum absolute atomic E-state index is 13.3. The van der Waals surface area contributed by atoms with Crippen molar-refractivity contribution in [2.75, 3.05) is 0 Å². The molecule has 2 aromatic carbocycles. The van der Waals surface area contributed by atoms with Gasteiger partial charge in [-0.05, 0) is 48.1 Å². The third-order valence-electron chi connectivity index (χ3n) is 6.69. The van der Waals surface area contributed by atoms with Gasteiger partial charge in [0.1, 0.15) is 11.6 Å². The third kappa shape index (κ3) is 3.33. The zero-order valence-corrected chi connectivity index (χ0v) is 16.9.